The van der Waals surface area contributed by atoms with E-state index in [-0.39, 0.29) is 17.9 Å². The normalized spacial score (nSPS) is 30.9. The molecule has 1 aliphatic heterocycles. The quantitative estimate of drug-likeness (QED) is 0.736. The van der Waals surface area contributed by atoms with Gasteiger partial charge in [-0.25, -0.2) is 8.42 Å². The number of amides is 1. The Hall–Kier alpha value is -0.620. The molecule has 1 saturated heterocycles. The van der Waals surface area contributed by atoms with Crippen LogP contribution in [0.2, 0.25) is 0 Å². The summed E-state index contributed by atoms with van der Waals surface area (Å²) in [5.41, 5.74) is 0. The van der Waals surface area contributed by atoms with Crippen molar-refractivity contribution in [3.63, 3.8) is 0 Å². The first-order chi connectivity index (χ1) is 9.41. The first-order valence-corrected chi connectivity index (χ1v) is 9.48. The number of carbonyl (C=O) groups is 1. The first kappa shape index (κ1) is 15.8. The highest BCUT2D eigenvalue weighted by Crippen LogP contribution is 2.33. The first-order valence-electron chi connectivity index (χ1n) is 7.63. The molecule has 0 aromatic heterocycles. The van der Waals surface area contributed by atoms with Crippen molar-refractivity contribution in [2.24, 2.45) is 5.92 Å². The minimum Gasteiger partial charge on any atom is -0.345 e. The highest BCUT2D eigenvalue weighted by atomic mass is 32.2. The van der Waals surface area contributed by atoms with Crippen molar-refractivity contribution in [3.05, 3.63) is 0 Å². The van der Waals surface area contributed by atoms with Gasteiger partial charge in [0, 0.05) is 26.2 Å². The summed E-state index contributed by atoms with van der Waals surface area (Å²) in [4.78, 5) is 14.3. The summed E-state index contributed by atoms with van der Waals surface area (Å²) in [6, 6.07) is -0.127. The molecule has 2 aliphatic rings. The van der Waals surface area contributed by atoms with Crippen molar-refractivity contribution in [1.82, 2.24) is 9.21 Å². The van der Waals surface area contributed by atoms with Gasteiger partial charge < -0.3 is 4.90 Å². The Morgan fingerprint density at radius 3 is 2.30 bits per heavy atom. The molecule has 6 heteroatoms. The van der Waals surface area contributed by atoms with Gasteiger partial charge in [0.05, 0.1) is 12.2 Å². The molecule has 0 spiro atoms. The van der Waals surface area contributed by atoms with Crippen molar-refractivity contribution in [3.8, 4) is 0 Å². The molecule has 0 aromatic rings. The molecular formula is C14H26N2O3S. The smallest absolute Gasteiger partial charge is 0.227 e. The molecule has 116 valence electrons. The van der Waals surface area contributed by atoms with Crippen molar-refractivity contribution in [2.45, 2.75) is 51.0 Å². The van der Waals surface area contributed by atoms with Crippen LogP contribution in [0.15, 0.2) is 0 Å². The fourth-order valence-electron chi connectivity index (χ4n) is 3.51. The SMILES string of the molecule is CN1CCCCCCN(S(C)(=O)=O)[C@H]2CCC[C@H]2C1=O. The highest BCUT2D eigenvalue weighted by Gasteiger charge is 2.41. The lowest BCUT2D eigenvalue weighted by Gasteiger charge is -2.32. The maximum Gasteiger partial charge on any atom is 0.227 e. The van der Waals surface area contributed by atoms with E-state index < -0.39 is 10.0 Å². The molecule has 0 unspecified atom stereocenters. The Kier molecular flexibility index (Phi) is 5.07. The summed E-state index contributed by atoms with van der Waals surface area (Å²) in [6.07, 6.45) is 7.86. The third-order valence-electron chi connectivity index (χ3n) is 4.59. The van der Waals surface area contributed by atoms with E-state index in [2.05, 4.69) is 0 Å². The van der Waals surface area contributed by atoms with Crippen LogP contribution in [0, 0.1) is 5.92 Å². The van der Waals surface area contributed by atoms with Crippen LogP contribution < -0.4 is 0 Å². The van der Waals surface area contributed by atoms with Crippen molar-refractivity contribution < 1.29 is 13.2 Å². The van der Waals surface area contributed by atoms with E-state index in [9.17, 15) is 13.2 Å². The zero-order chi connectivity index (χ0) is 14.8. The lowest BCUT2D eigenvalue weighted by Crippen LogP contribution is -2.47. The molecule has 20 heavy (non-hydrogen) atoms. The van der Waals surface area contributed by atoms with Crippen LogP contribution in [-0.4, -0.2) is 56.0 Å². The number of fused-ring (bicyclic) bond motifs is 1. The molecule has 0 N–H and O–H groups in total. The highest BCUT2D eigenvalue weighted by molar-refractivity contribution is 7.88. The van der Waals surface area contributed by atoms with Gasteiger partial charge in [-0.05, 0) is 25.7 Å². The van der Waals surface area contributed by atoms with Gasteiger partial charge in [-0.3, -0.25) is 4.79 Å². The predicted octanol–water partition coefficient (Wildman–Crippen LogP) is 1.45. The summed E-state index contributed by atoms with van der Waals surface area (Å²) in [7, 11) is -1.39. The molecule has 0 bridgehead atoms. The van der Waals surface area contributed by atoms with Crippen LogP contribution in [0.3, 0.4) is 0 Å². The number of rotatable bonds is 1. The molecule has 2 atom stereocenters. The number of carbonyl (C=O) groups excluding carboxylic acids is 1. The number of hydrogen-bond acceptors (Lipinski definition) is 3. The monoisotopic (exact) mass is 302 g/mol. The molecule has 2 fully saturated rings. The van der Waals surface area contributed by atoms with Crippen LogP contribution in [0.25, 0.3) is 0 Å². The average Bonchev–Trinajstić information content (AvgIpc) is 2.82. The van der Waals surface area contributed by atoms with E-state index in [4.69, 9.17) is 0 Å². The van der Waals surface area contributed by atoms with Crippen molar-refractivity contribution in [1.29, 1.82) is 0 Å². The lowest BCUT2D eigenvalue weighted by atomic mass is 10.0. The van der Waals surface area contributed by atoms with E-state index >= 15 is 0 Å². The second kappa shape index (κ2) is 6.43. The topological polar surface area (TPSA) is 57.7 Å². The van der Waals surface area contributed by atoms with Gasteiger partial charge in [0.25, 0.3) is 0 Å². The van der Waals surface area contributed by atoms with Crippen LogP contribution in [0.5, 0.6) is 0 Å². The minimum absolute atomic E-state index is 0.127. The van der Waals surface area contributed by atoms with Gasteiger partial charge >= 0.3 is 0 Å². The molecular weight excluding hydrogens is 276 g/mol. The van der Waals surface area contributed by atoms with E-state index in [1.807, 2.05) is 7.05 Å². The van der Waals surface area contributed by atoms with Crippen LogP contribution in [0.1, 0.15) is 44.9 Å². The van der Waals surface area contributed by atoms with E-state index in [1.54, 1.807) is 9.21 Å². The van der Waals surface area contributed by atoms with Gasteiger partial charge in [-0.15, -0.1) is 0 Å². The Bertz CT molecular complexity index is 449. The third kappa shape index (κ3) is 3.52. The van der Waals surface area contributed by atoms with E-state index in [1.165, 1.54) is 6.26 Å². The third-order valence-corrected chi connectivity index (χ3v) is 5.90. The lowest BCUT2D eigenvalue weighted by molar-refractivity contribution is -0.135. The second-order valence-electron chi connectivity index (χ2n) is 6.15. The van der Waals surface area contributed by atoms with Crippen LogP contribution >= 0.6 is 0 Å². The molecule has 0 aromatic carbocycles. The maximum absolute atomic E-state index is 12.5. The summed E-state index contributed by atoms with van der Waals surface area (Å²) in [5, 5.41) is 0. The van der Waals surface area contributed by atoms with Crippen molar-refractivity contribution in [2.75, 3.05) is 26.4 Å². The molecule has 1 saturated carbocycles. The molecule has 2 rings (SSSR count). The number of sulfonamides is 1. The van der Waals surface area contributed by atoms with Crippen molar-refractivity contribution >= 4 is 15.9 Å². The largest absolute Gasteiger partial charge is 0.345 e. The predicted molar refractivity (Wildman–Crippen MR) is 78.8 cm³/mol. The van der Waals surface area contributed by atoms with Gasteiger partial charge in [-0.2, -0.15) is 4.31 Å². The Morgan fingerprint density at radius 1 is 1.00 bits per heavy atom. The van der Waals surface area contributed by atoms with Crippen LogP contribution in [0.4, 0.5) is 0 Å². The summed E-state index contributed by atoms with van der Waals surface area (Å²) < 4.78 is 25.7. The summed E-state index contributed by atoms with van der Waals surface area (Å²) >= 11 is 0. The Morgan fingerprint density at radius 2 is 1.65 bits per heavy atom. The summed E-state index contributed by atoms with van der Waals surface area (Å²) in [5.74, 6) is -0.0177. The number of nitrogens with zero attached hydrogens (tertiary/aromatic N) is 2. The van der Waals surface area contributed by atoms with Gasteiger partial charge in [0.15, 0.2) is 0 Å². The molecule has 1 aliphatic carbocycles. The Balaban J connectivity index is 2.26. The Labute approximate surface area is 122 Å². The molecule has 1 amide bonds. The fraction of sp³-hybridized carbons (Fsp3) is 0.929. The molecule has 1 heterocycles. The molecule has 0 radical (unpaired) electrons. The van der Waals surface area contributed by atoms with Crippen LogP contribution in [-0.2, 0) is 14.8 Å². The van der Waals surface area contributed by atoms with E-state index in [0.29, 0.717) is 6.54 Å². The number of hydrogen-bond donors (Lipinski definition) is 0. The van der Waals surface area contributed by atoms with E-state index in [0.717, 1.165) is 51.5 Å². The minimum atomic E-state index is -3.24. The zero-order valence-corrected chi connectivity index (χ0v) is 13.4. The van der Waals surface area contributed by atoms with Gasteiger partial charge in [0.1, 0.15) is 0 Å². The maximum atomic E-state index is 12.5. The molecule has 5 nitrogen and oxygen atoms in total. The van der Waals surface area contributed by atoms with Gasteiger partial charge in [-0.1, -0.05) is 19.3 Å². The summed E-state index contributed by atoms with van der Waals surface area (Å²) in [6.45, 7) is 1.36. The standard InChI is InChI=1S/C14H26N2O3S/c1-15-10-5-3-4-6-11-16(20(2,18)19)13-9-7-8-12(13)14(15)17/h12-13H,3-11H2,1-2H3/t12-,13+/m1/s1. The second-order valence-corrected chi connectivity index (χ2v) is 8.09. The van der Waals surface area contributed by atoms with Gasteiger partial charge in [0.2, 0.25) is 15.9 Å². The average molecular weight is 302 g/mol. The fourth-order valence-corrected chi connectivity index (χ4v) is 4.72. The zero-order valence-electron chi connectivity index (χ0n) is 12.5.